The van der Waals surface area contributed by atoms with Crippen molar-refractivity contribution in [3.63, 3.8) is 0 Å². The molecule has 0 aliphatic rings. The number of nitrogens with one attached hydrogen (secondary N) is 2. The number of benzene rings is 3. The maximum atomic E-state index is 12.7. The molecule has 0 aromatic heterocycles. The van der Waals surface area contributed by atoms with Gasteiger partial charge in [0.2, 0.25) is 0 Å². The molecule has 3 N–H and O–H groups in total. The van der Waals surface area contributed by atoms with E-state index in [0.29, 0.717) is 5.69 Å². The molecule has 0 radical (unpaired) electrons. The molecule has 1 amide bonds. The van der Waals surface area contributed by atoms with Crippen LogP contribution in [0.1, 0.15) is 10.4 Å². The molecule has 0 aliphatic carbocycles. The van der Waals surface area contributed by atoms with Crippen LogP contribution in [0.15, 0.2) is 71.6 Å². The number of hydrogen-bond acceptors (Lipinski definition) is 8. The molecule has 34 heavy (non-hydrogen) atoms. The Morgan fingerprint density at radius 1 is 1.00 bits per heavy atom. The third-order valence-corrected chi connectivity index (χ3v) is 6.39. The molecule has 3 rings (SSSR count). The Morgan fingerprint density at radius 3 is 2.24 bits per heavy atom. The number of nitrogens with zero attached hydrogens (tertiary/aromatic N) is 1. The van der Waals surface area contributed by atoms with Crippen LogP contribution in [-0.4, -0.2) is 36.9 Å². The second-order valence-electron chi connectivity index (χ2n) is 6.72. The lowest BCUT2D eigenvalue weighted by Gasteiger charge is -2.11. The number of nitro groups is 1. The first-order chi connectivity index (χ1) is 16.0. The number of amides is 1. The molecule has 0 atom stereocenters. The van der Waals surface area contributed by atoms with Gasteiger partial charge in [0, 0.05) is 27.1 Å². The molecule has 3 aromatic carbocycles. The number of nitro benzene ring substituents is 1. The van der Waals surface area contributed by atoms with Gasteiger partial charge in [0.05, 0.1) is 9.82 Å². The van der Waals surface area contributed by atoms with Crippen molar-refractivity contribution in [1.82, 2.24) is 0 Å². The van der Waals surface area contributed by atoms with Crippen LogP contribution in [0.3, 0.4) is 0 Å². The molecule has 0 spiro atoms. The fourth-order valence-corrected chi connectivity index (χ4v) is 4.09. The lowest BCUT2D eigenvalue weighted by molar-refractivity contribution is -0.384. The number of non-ortho nitro benzene ring substituents is 1. The number of sulfonamides is 1. The normalized spacial score (nSPS) is 10.9. The third-order valence-electron chi connectivity index (χ3n) is 4.29. The molecule has 13 heteroatoms. The average molecular weight is 597 g/mol. The number of halogens is 1. The Labute approximate surface area is 207 Å². The van der Waals surface area contributed by atoms with Gasteiger partial charge >= 0.3 is 5.97 Å². The molecule has 0 aliphatic heterocycles. The predicted molar refractivity (Wildman–Crippen MR) is 130 cm³/mol. The summed E-state index contributed by atoms with van der Waals surface area (Å²) in [6.45, 7) is -0.664. The van der Waals surface area contributed by atoms with E-state index in [2.05, 4.69) is 32.6 Å². The van der Waals surface area contributed by atoms with E-state index in [0.717, 1.165) is 33.9 Å². The van der Waals surface area contributed by atoms with Crippen LogP contribution in [0, 0.1) is 13.7 Å². The summed E-state index contributed by atoms with van der Waals surface area (Å²) < 4.78 is 33.4. The molecule has 0 unspecified atom stereocenters. The van der Waals surface area contributed by atoms with E-state index >= 15 is 0 Å². The molecule has 0 bridgehead atoms. The van der Waals surface area contributed by atoms with Crippen molar-refractivity contribution in [2.75, 3.05) is 16.6 Å². The minimum atomic E-state index is -4.21. The number of phenolic OH excluding ortho intramolecular Hbond substituents is 1. The van der Waals surface area contributed by atoms with Gasteiger partial charge in [-0.1, -0.05) is 0 Å². The van der Waals surface area contributed by atoms with Gasteiger partial charge < -0.3 is 15.2 Å². The summed E-state index contributed by atoms with van der Waals surface area (Å²) in [5, 5.41) is 23.2. The number of rotatable bonds is 8. The Morgan fingerprint density at radius 2 is 1.62 bits per heavy atom. The Hall–Kier alpha value is -3.72. The molecular weight excluding hydrogens is 581 g/mol. The van der Waals surface area contributed by atoms with Gasteiger partial charge in [-0.15, -0.1) is 0 Å². The van der Waals surface area contributed by atoms with Crippen LogP contribution in [0.4, 0.5) is 17.1 Å². The van der Waals surface area contributed by atoms with Gasteiger partial charge in [0.25, 0.3) is 21.6 Å². The third kappa shape index (κ3) is 6.41. The van der Waals surface area contributed by atoms with E-state index < -0.39 is 44.7 Å². The van der Waals surface area contributed by atoms with Gasteiger partial charge in [0.1, 0.15) is 11.3 Å². The van der Waals surface area contributed by atoms with Crippen molar-refractivity contribution in [2.24, 2.45) is 0 Å². The molecule has 3 aromatic rings. The first-order valence-corrected chi connectivity index (χ1v) is 11.9. The van der Waals surface area contributed by atoms with Crippen LogP contribution in [0.2, 0.25) is 0 Å². The number of hydrogen-bond donors (Lipinski definition) is 3. The van der Waals surface area contributed by atoms with Crippen LogP contribution >= 0.6 is 22.6 Å². The first-order valence-electron chi connectivity index (χ1n) is 9.38. The quantitative estimate of drug-likeness (QED) is 0.154. The highest BCUT2D eigenvalue weighted by Crippen LogP contribution is 2.25. The second-order valence-corrected chi connectivity index (χ2v) is 9.65. The zero-order valence-corrected chi connectivity index (χ0v) is 20.1. The first kappa shape index (κ1) is 24.9. The van der Waals surface area contributed by atoms with E-state index in [1.54, 1.807) is 24.3 Å². The largest absolute Gasteiger partial charge is 0.507 e. The number of carbonyl (C=O) groups excluding carboxylic acids is 2. The number of anilines is 2. The van der Waals surface area contributed by atoms with Crippen molar-refractivity contribution in [3.8, 4) is 5.75 Å². The summed E-state index contributed by atoms with van der Waals surface area (Å²) in [6, 6.07) is 14.5. The molecule has 0 fully saturated rings. The van der Waals surface area contributed by atoms with Crippen molar-refractivity contribution >= 4 is 61.6 Å². The van der Waals surface area contributed by atoms with Gasteiger partial charge in [-0.25, -0.2) is 13.2 Å². The number of esters is 1. The molecular formula is C21H16IN3O8S. The van der Waals surface area contributed by atoms with Crippen LogP contribution in [0.25, 0.3) is 0 Å². The fraction of sp³-hybridized carbons (Fsp3) is 0.0476. The summed E-state index contributed by atoms with van der Waals surface area (Å²) in [4.78, 5) is 34.1. The number of aromatic hydroxyl groups is 1. The predicted octanol–water partition coefficient (Wildman–Crippen LogP) is 3.50. The van der Waals surface area contributed by atoms with Crippen LogP contribution in [-0.2, 0) is 19.6 Å². The Balaban J connectivity index is 1.69. The topological polar surface area (TPSA) is 165 Å². The standard InChI is InChI=1S/C21H16IN3O8S/c22-13-1-3-14(4-2-13)23-20(27)12-33-21(28)18-11-17(9-10-19(18)26)34(31,32)24-15-5-7-16(8-6-15)25(29)30/h1-11,24,26H,12H2,(H,23,27). The summed E-state index contributed by atoms with van der Waals surface area (Å²) in [5.41, 5.74) is -0.137. The SMILES string of the molecule is O=C(COC(=O)c1cc(S(=O)(=O)Nc2ccc([N+](=O)[O-])cc2)ccc1O)Nc1ccc(I)cc1. The zero-order valence-electron chi connectivity index (χ0n) is 17.1. The lowest BCUT2D eigenvalue weighted by Crippen LogP contribution is -2.21. The molecule has 11 nitrogen and oxygen atoms in total. The number of phenols is 1. The minimum absolute atomic E-state index is 0.0510. The van der Waals surface area contributed by atoms with E-state index in [1.165, 1.54) is 12.1 Å². The van der Waals surface area contributed by atoms with E-state index in [1.807, 2.05) is 0 Å². The highest BCUT2D eigenvalue weighted by Gasteiger charge is 2.21. The second kappa shape index (κ2) is 10.5. The molecule has 0 heterocycles. The maximum Gasteiger partial charge on any atom is 0.342 e. The number of ether oxygens (including phenoxy) is 1. The van der Waals surface area contributed by atoms with Crippen LogP contribution < -0.4 is 10.0 Å². The van der Waals surface area contributed by atoms with Crippen molar-refractivity contribution in [1.29, 1.82) is 0 Å². The highest BCUT2D eigenvalue weighted by atomic mass is 127. The van der Waals surface area contributed by atoms with E-state index in [9.17, 15) is 33.2 Å². The maximum absolute atomic E-state index is 12.7. The van der Waals surface area contributed by atoms with Gasteiger partial charge in [-0.05, 0) is 77.2 Å². The average Bonchev–Trinajstić information content (AvgIpc) is 2.79. The summed E-state index contributed by atoms with van der Waals surface area (Å²) in [5.74, 6) is -2.28. The zero-order chi connectivity index (χ0) is 24.9. The van der Waals surface area contributed by atoms with Gasteiger partial charge in [0.15, 0.2) is 6.61 Å². The molecule has 0 saturated heterocycles. The highest BCUT2D eigenvalue weighted by molar-refractivity contribution is 14.1. The Kier molecular flexibility index (Phi) is 7.68. The smallest absolute Gasteiger partial charge is 0.342 e. The molecule has 0 saturated carbocycles. The fourth-order valence-electron chi connectivity index (χ4n) is 2.65. The van der Waals surface area contributed by atoms with E-state index in [-0.39, 0.29) is 16.3 Å². The number of carbonyl (C=O) groups is 2. The summed E-state index contributed by atoms with van der Waals surface area (Å²) in [6.07, 6.45) is 0. The monoisotopic (exact) mass is 597 g/mol. The minimum Gasteiger partial charge on any atom is -0.507 e. The summed E-state index contributed by atoms with van der Waals surface area (Å²) in [7, 11) is -4.21. The van der Waals surface area contributed by atoms with Crippen molar-refractivity contribution in [3.05, 3.63) is 86.0 Å². The van der Waals surface area contributed by atoms with Gasteiger partial charge in [-0.3, -0.25) is 19.6 Å². The summed E-state index contributed by atoms with van der Waals surface area (Å²) >= 11 is 2.11. The van der Waals surface area contributed by atoms with Gasteiger partial charge in [-0.2, -0.15) is 0 Å². The molecule has 176 valence electrons. The van der Waals surface area contributed by atoms with Crippen molar-refractivity contribution in [2.45, 2.75) is 4.90 Å². The van der Waals surface area contributed by atoms with Crippen LogP contribution in [0.5, 0.6) is 5.75 Å². The Bertz CT molecular complexity index is 1340. The van der Waals surface area contributed by atoms with E-state index in [4.69, 9.17) is 4.74 Å². The lowest BCUT2D eigenvalue weighted by atomic mass is 10.2. The van der Waals surface area contributed by atoms with Crippen molar-refractivity contribution < 1.29 is 32.8 Å².